The van der Waals surface area contributed by atoms with E-state index in [1.807, 2.05) is 48.1 Å². The molecule has 190 valence electrons. The van der Waals surface area contributed by atoms with Gasteiger partial charge in [0.25, 0.3) is 0 Å². The highest BCUT2D eigenvalue weighted by Gasteiger charge is 2.23. The summed E-state index contributed by atoms with van der Waals surface area (Å²) in [6, 6.07) is 8.49. The molecule has 11 nitrogen and oxygen atoms in total. The van der Waals surface area contributed by atoms with Crippen LogP contribution >= 0.6 is 0 Å². The molecule has 1 N–H and O–H groups in total. The van der Waals surface area contributed by atoms with E-state index in [1.54, 1.807) is 0 Å². The van der Waals surface area contributed by atoms with Crippen LogP contribution in [0.15, 0.2) is 42.9 Å². The highest BCUT2D eigenvalue weighted by Crippen LogP contribution is 2.29. The molecule has 6 rings (SSSR count). The number of anilines is 2. The van der Waals surface area contributed by atoms with Crippen LogP contribution in [0.2, 0.25) is 0 Å². The number of imidazole rings is 1. The minimum Gasteiger partial charge on any atom is -0.377 e. The first-order valence-electron chi connectivity index (χ1n) is 12.6. The Bertz CT molecular complexity index is 1560. The molecular weight excluding hydrogens is 468 g/mol. The maximum atomic E-state index is 5.64. The maximum Gasteiger partial charge on any atom is 0.203 e. The second kappa shape index (κ2) is 9.40. The van der Waals surface area contributed by atoms with Crippen molar-refractivity contribution in [2.45, 2.75) is 46.3 Å². The van der Waals surface area contributed by atoms with Crippen molar-refractivity contribution in [1.82, 2.24) is 39.1 Å². The Labute approximate surface area is 214 Å². The smallest absolute Gasteiger partial charge is 0.203 e. The van der Waals surface area contributed by atoms with Gasteiger partial charge in [-0.15, -0.1) is 10.2 Å². The number of nitrogens with zero attached hydrogens (tertiary/aromatic N) is 9. The monoisotopic (exact) mass is 498 g/mol. The van der Waals surface area contributed by atoms with E-state index < -0.39 is 0 Å². The van der Waals surface area contributed by atoms with Gasteiger partial charge in [0.05, 0.1) is 43.2 Å². The van der Waals surface area contributed by atoms with Gasteiger partial charge in [0.15, 0.2) is 11.6 Å². The zero-order valence-electron chi connectivity index (χ0n) is 21.5. The van der Waals surface area contributed by atoms with Crippen LogP contribution in [0.4, 0.5) is 11.6 Å². The summed E-state index contributed by atoms with van der Waals surface area (Å²) in [5.74, 6) is 3.10. The summed E-state index contributed by atoms with van der Waals surface area (Å²) in [6.45, 7) is 11.0. The molecule has 0 aliphatic carbocycles. The van der Waals surface area contributed by atoms with E-state index in [1.165, 1.54) is 0 Å². The van der Waals surface area contributed by atoms with E-state index in [0.29, 0.717) is 36.9 Å². The van der Waals surface area contributed by atoms with Crippen molar-refractivity contribution in [3.05, 3.63) is 54.4 Å². The summed E-state index contributed by atoms with van der Waals surface area (Å²) >= 11 is 0. The lowest BCUT2D eigenvalue weighted by atomic mass is 10.2. The number of hydrogen-bond acceptors (Lipinski definition) is 9. The maximum absolute atomic E-state index is 5.64. The predicted molar refractivity (Wildman–Crippen MR) is 142 cm³/mol. The molecule has 0 spiro atoms. The molecular formula is C26H30N10O. The lowest BCUT2D eigenvalue weighted by Crippen LogP contribution is -2.44. The van der Waals surface area contributed by atoms with Crippen molar-refractivity contribution in [2.24, 2.45) is 0 Å². The third kappa shape index (κ3) is 4.35. The molecule has 1 aliphatic rings. The third-order valence-electron chi connectivity index (χ3n) is 6.54. The van der Waals surface area contributed by atoms with Gasteiger partial charge in [0.1, 0.15) is 22.9 Å². The molecule has 0 aromatic carbocycles. The van der Waals surface area contributed by atoms with E-state index >= 15 is 0 Å². The molecule has 1 unspecified atom stereocenters. The highest BCUT2D eigenvalue weighted by molar-refractivity contribution is 5.82. The molecule has 5 aromatic rings. The Morgan fingerprint density at radius 2 is 2.05 bits per heavy atom. The largest absolute Gasteiger partial charge is 0.377 e. The van der Waals surface area contributed by atoms with Gasteiger partial charge in [0.2, 0.25) is 5.65 Å². The summed E-state index contributed by atoms with van der Waals surface area (Å²) < 4.78 is 9.76. The molecule has 0 saturated carbocycles. The van der Waals surface area contributed by atoms with Crippen molar-refractivity contribution in [1.29, 1.82) is 0 Å². The van der Waals surface area contributed by atoms with Crippen LogP contribution in [0.5, 0.6) is 0 Å². The molecule has 11 heteroatoms. The highest BCUT2D eigenvalue weighted by atomic mass is 16.5. The zero-order valence-corrected chi connectivity index (χ0v) is 21.5. The number of rotatable bonds is 6. The van der Waals surface area contributed by atoms with E-state index in [9.17, 15) is 0 Å². The van der Waals surface area contributed by atoms with E-state index in [4.69, 9.17) is 19.7 Å². The summed E-state index contributed by atoms with van der Waals surface area (Å²) in [7, 11) is 0. The first-order valence-corrected chi connectivity index (χ1v) is 12.6. The number of ether oxygens (including phenoxy) is 1. The summed E-state index contributed by atoms with van der Waals surface area (Å²) in [4.78, 5) is 21.6. The van der Waals surface area contributed by atoms with Gasteiger partial charge in [0, 0.05) is 31.0 Å². The van der Waals surface area contributed by atoms with Crippen LogP contribution in [0, 0.1) is 6.92 Å². The summed E-state index contributed by atoms with van der Waals surface area (Å²) in [6.07, 6.45) is 5.61. The molecule has 0 amide bonds. The van der Waals surface area contributed by atoms with Gasteiger partial charge >= 0.3 is 0 Å². The fourth-order valence-electron chi connectivity index (χ4n) is 4.74. The number of aryl methyl sites for hydroxylation is 1. The van der Waals surface area contributed by atoms with Crippen molar-refractivity contribution >= 4 is 28.3 Å². The second-order valence-electron chi connectivity index (χ2n) is 9.71. The molecule has 5 aromatic heterocycles. The molecule has 0 bridgehead atoms. The molecule has 1 atom stereocenters. The molecule has 6 heterocycles. The van der Waals surface area contributed by atoms with Crippen LogP contribution in [0.25, 0.3) is 28.2 Å². The second-order valence-corrected chi connectivity index (χ2v) is 9.71. The minimum atomic E-state index is 0.179. The Hall–Kier alpha value is -4.12. The van der Waals surface area contributed by atoms with E-state index in [0.717, 1.165) is 40.7 Å². The minimum absolute atomic E-state index is 0.179. The predicted octanol–water partition coefficient (Wildman–Crippen LogP) is 3.33. The Morgan fingerprint density at radius 1 is 1.16 bits per heavy atom. The number of fused-ring (bicyclic) bond motifs is 2. The average Bonchev–Trinajstić information content (AvgIpc) is 3.45. The van der Waals surface area contributed by atoms with Crippen LogP contribution in [-0.4, -0.2) is 70.9 Å². The van der Waals surface area contributed by atoms with Gasteiger partial charge in [-0.3, -0.25) is 9.38 Å². The fraction of sp³-hybridized carbons (Fsp3) is 0.385. The van der Waals surface area contributed by atoms with Crippen LogP contribution in [0.1, 0.15) is 32.3 Å². The number of morpholine rings is 1. The lowest BCUT2D eigenvalue weighted by Gasteiger charge is -2.34. The topological polar surface area (TPSA) is 111 Å². The van der Waals surface area contributed by atoms with Gasteiger partial charge in [-0.2, -0.15) is 0 Å². The van der Waals surface area contributed by atoms with Gasteiger partial charge in [-0.05, 0) is 39.8 Å². The molecule has 0 radical (unpaired) electrons. The van der Waals surface area contributed by atoms with Gasteiger partial charge < -0.3 is 19.5 Å². The zero-order chi connectivity index (χ0) is 25.5. The number of aromatic nitrogens is 8. The third-order valence-corrected chi connectivity index (χ3v) is 6.54. The van der Waals surface area contributed by atoms with Crippen LogP contribution in [-0.2, 0) is 11.3 Å². The normalized spacial score (nSPS) is 16.2. The Balaban J connectivity index is 1.55. The number of pyridine rings is 2. The number of hydrogen-bond donors (Lipinski definition) is 1. The van der Waals surface area contributed by atoms with Crippen molar-refractivity contribution in [3.63, 3.8) is 0 Å². The van der Waals surface area contributed by atoms with Crippen LogP contribution < -0.4 is 10.2 Å². The Kier molecular flexibility index (Phi) is 5.91. The van der Waals surface area contributed by atoms with Gasteiger partial charge in [-0.25, -0.2) is 15.0 Å². The van der Waals surface area contributed by atoms with E-state index in [2.05, 4.69) is 56.8 Å². The summed E-state index contributed by atoms with van der Waals surface area (Å²) in [5.41, 5.74) is 4.12. The Morgan fingerprint density at radius 3 is 2.84 bits per heavy atom. The first kappa shape index (κ1) is 23.3. The quantitative estimate of drug-likeness (QED) is 0.377. The van der Waals surface area contributed by atoms with Crippen molar-refractivity contribution in [3.8, 4) is 11.5 Å². The van der Waals surface area contributed by atoms with Crippen LogP contribution in [0.3, 0.4) is 0 Å². The van der Waals surface area contributed by atoms with Crippen molar-refractivity contribution in [2.75, 3.05) is 30.0 Å². The van der Waals surface area contributed by atoms with Gasteiger partial charge in [-0.1, -0.05) is 6.07 Å². The number of nitrogens with one attached hydrogen (secondary N) is 1. The standard InChI is InChI=1S/C26H30N10O/c1-16(2)29-24-26-33-32-18(4)35(26)14-21(30-24)25-31-20-12-28-23(34-9-10-37-15-17(34)3)11-22(20)36(25)13-19-7-5-6-8-27-19/h5-8,11-12,14,16-17H,9-10,13,15H2,1-4H3,(H,29,30). The first-order chi connectivity index (χ1) is 18.0. The fourth-order valence-corrected chi connectivity index (χ4v) is 4.74. The average molecular weight is 499 g/mol. The SMILES string of the molecule is Cc1nnc2c(NC(C)C)nc(-c3nc4cnc(N5CCOCC5C)cc4n3Cc3ccccn3)cn12. The van der Waals surface area contributed by atoms with E-state index in [-0.39, 0.29) is 12.1 Å². The van der Waals surface area contributed by atoms with Crippen molar-refractivity contribution < 1.29 is 4.74 Å². The molecule has 1 fully saturated rings. The molecule has 37 heavy (non-hydrogen) atoms. The molecule has 1 saturated heterocycles. The lowest BCUT2D eigenvalue weighted by molar-refractivity contribution is 0.0985. The molecule has 1 aliphatic heterocycles. The summed E-state index contributed by atoms with van der Waals surface area (Å²) in [5, 5.41) is 12.0.